The lowest BCUT2D eigenvalue weighted by molar-refractivity contribution is -0.385. The van der Waals surface area contributed by atoms with Gasteiger partial charge in [0, 0.05) is 39.8 Å². The van der Waals surface area contributed by atoms with Crippen molar-refractivity contribution in [2.24, 2.45) is 0 Å². The van der Waals surface area contributed by atoms with E-state index in [1.54, 1.807) is 17.8 Å². The number of hydrogen-bond acceptors (Lipinski definition) is 4. The van der Waals surface area contributed by atoms with E-state index in [2.05, 4.69) is 33.4 Å². The minimum absolute atomic E-state index is 0.146. The molecule has 6 heteroatoms. The van der Waals surface area contributed by atoms with Crippen molar-refractivity contribution in [1.29, 1.82) is 0 Å². The molecule has 0 heterocycles. The Kier molecular flexibility index (Phi) is 6.22. The van der Waals surface area contributed by atoms with Crippen LogP contribution in [0.4, 0.5) is 5.69 Å². The maximum absolute atomic E-state index is 11.0. The molecule has 0 saturated heterocycles. The van der Waals surface area contributed by atoms with Crippen LogP contribution >= 0.6 is 27.7 Å². The number of halogens is 1. The summed E-state index contributed by atoms with van der Waals surface area (Å²) in [6.07, 6.45) is 0. The Bertz CT molecular complexity index is 608. The Labute approximate surface area is 136 Å². The third kappa shape index (κ3) is 5.15. The van der Waals surface area contributed by atoms with E-state index in [0.29, 0.717) is 12.1 Å². The van der Waals surface area contributed by atoms with Crippen molar-refractivity contribution in [2.45, 2.75) is 11.4 Å². The predicted octanol–water partition coefficient (Wildman–Crippen LogP) is 4.24. The first-order valence-electron chi connectivity index (χ1n) is 6.48. The van der Waals surface area contributed by atoms with E-state index >= 15 is 0 Å². The molecule has 0 unspecified atom stereocenters. The van der Waals surface area contributed by atoms with Crippen LogP contribution in [0, 0.1) is 10.1 Å². The third-order valence-electron chi connectivity index (χ3n) is 2.85. The summed E-state index contributed by atoms with van der Waals surface area (Å²) in [4.78, 5) is 11.9. The first kappa shape index (κ1) is 16.0. The monoisotopic (exact) mass is 366 g/mol. The zero-order chi connectivity index (χ0) is 15.1. The maximum Gasteiger partial charge on any atom is 0.275 e. The summed E-state index contributed by atoms with van der Waals surface area (Å²) in [5, 5.41) is 14.2. The van der Waals surface area contributed by atoms with E-state index in [9.17, 15) is 10.1 Å². The average Bonchev–Trinajstić information content (AvgIpc) is 2.49. The Balaban J connectivity index is 1.80. The summed E-state index contributed by atoms with van der Waals surface area (Å²) in [7, 11) is 0. The molecular weight excluding hydrogens is 352 g/mol. The van der Waals surface area contributed by atoms with Gasteiger partial charge in [-0.3, -0.25) is 10.1 Å². The second-order valence-corrected chi connectivity index (χ2v) is 6.45. The Morgan fingerprint density at radius 2 is 1.95 bits per heavy atom. The lowest BCUT2D eigenvalue weighted by Gasteiger charge is -2.06. The van der Waals surface area contributed by atoms with Gasteiger partial charge in [-0.1, -0.05) is 34.1 Å². The van der Waals surface area contributed by atoms with Gasteiger partial charge in [-0.15, -0.1) is 11.8 Å². The number of thioether (sulfide) groups is 1. The first-order chi connectivity index (χ1) is 10.2. The number of nitrogens with one attached hydrogen (secondary N) is 1. The van der Waals surface area contributed by atoms with E-state index in [1.165, 1.54) is 11.0 Å². The van der Waals surface area contributed by atoms with Gasteiger partial charge >= 0.3 is 0 Å². The molecule has 0 atom stereocenters. The summed E-state index contributed by atoms with van der Waals surface area (Å²) >= 11 is 5.02. The number of nitro benzene ring substituents is 1. The molecule has 0 spiro atoms. The first-order valence-corrected chi connectivity index (χ1v) is 8.26. The van der Waals surface area contributed by atoms with Crippen LogP contribution in [0.5, 0.6) is 0 Å². The van der Waals surface area contributed by atoms with Crippen LogP contribution in [0.1, 0.15) is 5.56 Å². The molecule has 0 bridgehead atoms. The molecule has 0 amide bonds. The molecule has 0 aliphatic rings. The van der Waals surface area contributed by atoms with Gasteiger partial charge < -0.3 is 5.32 Å². The number of nitrogens with zero attached hydrogens (tertiary/aromatic N) is 1. The van der Waals surface area contributed by atoms with Crippen LogP contribution in [0.3, 0.4) is 0 Å². The Morgan fingerprint density at radius 1 is 1.19 bits per heavy atom. The summed E-state index contributed by atoms with van der Waals surface area (Å²) in [6.45, 7) is 1.30. The highest BCUT2D eigenvalue weighted by Crippen LogP contribution is 2.23. The van der Waals surface area contributed by atoms with Crippen LogP contribution < -0.4 is 5.32 Å². The predicted molar refractivity (Wildman–Crippen MR) is 89.7 cm³/mol. The van der Waals surface area contributed by atoms with E-state index in [1.807, 2.05) is 24.3 Å². The van der Waals surface area contributed by atoms with E-state index in [4.69, 9.17) is 0 Å². The highest BCUT2D eigenvalue weighted by atomic mass is 79.9. The SMILES string of the molecule is O=[N+]([O-])c1cc(Br)ccc1CNCCSc1ccccc1. The summed E-state index contributed by atoms with van der Waals surface area (Å²) < 4.78 is 0.720. The van der Waals surface area contributed by atoms with E-state index in [0.717, 1.165) is 16.8 Å². The van der Waals surface area contributed by atoms with Gasteiger partial charge in [0.2, 0.25) is 0 Å². The molecule has 0 fully saturated rings. The smallest absolute Gasteiger partial charge is 0.275 e. The Hall–Kier alpha value is -1.37. The standard InChI is InChI=1S/C15H15BrN2O2S/c16-13-7-6-12(15(10-13)18(19)20)11-17-8-9-21-14-4-2-1-3-5-14/h1-7,10,17H,8-9,11H2. The minimum Gasteiger partial charge on any atom is -0.312 e. The lowest BCUT2D eigenvalue weighted by Crippen LogP contribution is -2.17. The van der Waals surface area contributed by atoms with Gasteiger partial charge in [0.1, 0.15) is 0 Å². The molecule has 2 aromatic rings. The Morgan fingerprint density at radius 3 is 2.67 bits per heavy atom. The van der Waals surface area contributed by atoms with Gasteiger partial charge in [-0.2, -0.15) is 0 Å². The van der Waals surface area contributed by atoms with Crippen molar-refractivity contribution < 1.29 is 4.92 Å². The fourth-order valence-electron chi connectivity index (χ4n) is 1.84. The second kappa shape index (κ2) is 8.17. The fourth-order valence-corrected chi connectivity index (χ4v) is 3.02. The molecule has 0 aliphatic carbocycles. The highest BCUT2D eigenvalue weighted by molar-refractivity contribution is 9.10. The summed E-state index contributed by atoms with van der Waals surface area (Å²) in [5.41, 5.74) is 0.848. The fraction of sp³-hybridized carbons (Fsp3) is 0.200. The number of benzene rings is 2. The molecule has 0 radical (unpaired) electrons. The van der Waals surface area contributed by atoms with Crippen molar-refractivity contribution in [1.82, 2.24) is 5.32 Å². The third-order valence-corrected chi connectivity index (χ3v) is 4.36. The van der Waals surface area contributed by atoms with Crippen LogP contribution in [-0.2, 0) is 6.54 Å². The molecule has 2 aromatic carbocycles. The normalized spacial score (nSPS) is 10.5. The highest BCUT2D eigenvalue weighted by Gasteiger charge is 2.13. The molecule has 1 N–H and O–H groups in total. The molecule has 0 aromatic heterocycles. The zero-order valence-electron chi connectivity index (χ0n) is 11.3. The van der Waals surface area contributed by atoms with Crippen molar-refractivity contribution in [3.8, 4) is 0 Å². The van der Waals surface area contributed by atoms with Crippen molar-refractivity contribution >= 4 is 33.4 Å². The second-order valence-electron chi connectivity index (χ2n) is 4.37. The average molecular weight is 367 g/mol. The van der Waals surface area contributed by atoms with Crippen LogP contribution in [-0.4, -0.2) is 17.2 Å². The molecule has 0 saturated carbocycles. The maximum atomic E-state index is 11.0. The molecule has 110 valence electrons. The molecule has 4 nitrogen and oxygen atoms in total. The summed E-state index contributed by atoms with van der Waals surface area (Å²) in [5.74, 6) is 0.925. The molecule has 21 heavy (non-hydrogen) atoms. The van der Waals surface area contributed by atoms with Gasteiger partial charge in [0.25, 0.3) is 5.69 Å². The van der Waals surface area contributed by atoms with E-state index in [-0.39, 0.29) is 10.6 Å². The van der Waals surface area contributed by atoms with Crippen LogP contribution in [0.2, 0.25) is 0 Å². The minimum atomic E-state index is -0.347. The van der Waals surface area contributed by atoms with Gasteiger partial charge in [0.15, 0.2) is 0 Å². The van der Waals surface area contributed by atoms with Crippen molar-refractivity contribution in [3.63, 3.8) is 0 Å². The lowest BCUT2D eigenvalue weighted by atomic mass is 10.2. The van der Waals surface area contributed by atoms with Gasteiger partial charge in [-0.25, -0.2) is 0 Å². The van der Waals surface area contributed by atoms with Gasteiger partial charge in [-0.05, 0) is 24.3 Å². The van der Waals surface area contributed by atoms with Gasteiger partial charge in [0.05, 0.1) is 4.92 Å². The van der Waals surface area contributed by atoms with Crippen molar-refractivity contribution in [3.05, 3.63) is 68.7 Å². The van der Waals surface area contributed by atoms with Crippen molar-refractivity contribution in [2.75, 3.05) is 12.3 Å². The topological polar surface area (TPSA) is 55.2 Å². The molecule has 2 rings (SSSR count). The van der Waals surface area contributed by atoms with Crippen LogP contribution in [0.15, 0.2) is 57.9 Å². The number of nitro groups is 1. The largest absolute Gasteiger partial charge is 0.312 e. The molecular formula is C15H15BrN2O2S. The molecule has 0 aliphatic heterocycles. The summed E-state index contributed by atoms with van der Waals surface area (Å²) in [6, 6.07) is 15.3. The number of rotatable bonds is 7. The number of hydrogen-bond donors (Lipinski definition) is 1. The van der Waals surface area contributed by atoms with Crippen LogP contribution in [0.25, 0.3) is 0 Å². The quantitative estimate of drug-likeness (QED) is 0.344. The zero-order valence-corrected chi connectivity index (χ0v) is 13.7. The van der Waals surface area contributed by atoms with E-state index < -0.39 is 0 Å².